The number of rotatable bonds is 5. The number of methoxy groups -OCH3 is 1. The summed E-state index contributed by atoms with van der Waals surface area (Å²) in [6.07, 6.45) is 4.26. The molecule has 0 radical (unpaired) electrons. The van der Waals surface area contributed by atoms with Gasteiger partial charge >= 0.3 is 0 Å². The lowest BCUT2D eigenvalue weighted by atomic mass is 9.79. The van der Waals surface area contributed by atoms with Crippen LogP contribution in [0.15, 0.2) is 36.4 Å². The quantitative estimate of drug-likeness (QED) is 0.790. The van der Waals surface area contributed by atoms with Crippen molar-refractivity contribution in [1.29, 1.82) is 0 Å². The number of aryl methyl sites for hydroxylation is 1. The van der Waals surface area contributed by atoms with Gasteiger partial charge in [-0.25, -0.2) is 0 Å². The van der Waals surface area contributed by atoms with Gasteiger partial charge < -0.3 is 20.7 Å². The van der Waals surface area contributed by atoms with Crippen LogP contribution in [0.2, 0.25) is 0 Å². The molecule has 1 heterocycles. The summed E-state index contributed by atoms with van der Waals surface area (Å²) in [6.45, 7) is 2.78. The lowest BCUT2D eigenvalue weighted by molar-refractivity contribution is -0.129. The van der Waals surface area contributed by atoms with Crippen molar-refractivity contribution in [3.8, 4) is 5.75 Å². The summed E-state index contributed by atoms with van der Waals surface area (Å²) in [5, 5.41) is 3.07. The fraction of sp³-hybridized carbons (Fsp3) is 0.417. The van der Waals surface area contributed by atoms with Crippen LogP contribution in [-0.2, 0) is 17.9 Å². The van der Waals surface area contributed by atoms with E-state index in [0.717, 1.165) is 41.7 Å². The van der Waals surface area contributed by atoms with E-state index in [-0.39, 0.29) is 11.8 Å². The van der Waals surface area contributed by atoms with Gasteiger partial charge in [0.1, 0.15) is 11.3 Å². The Morgan fingerprint density at radius 1 is 1.20 bits per heavy atom. The molecule has 1 aliphatic carbocycles. The number of nitrogens with two attached hydrogens (primary N) is 1. The van der Waals surface area contributed by atoms with Gasteiger partial charge in [-0.2, -0.15) is 0 Å². The van der Waals surface area contributed by atoms with Crippen LogP contribution in [0.1, 0.15) is 59.2 Å². The predicted molar refractivity (Wildman–Crippen MR) is 116 cm³/mol. The normalized spacial score (nSPS) is 17.6. The second-order valence-corrected chi connectivity index (χ2v) is 8.27. The van der Waals surface area contributed by atoms with Gasteiger partial charge in [0.25, 0.3) is 5.91 Å². The van der Waals surface area contributed by atoms with Gasteiger partial charge in [-0.1, -0.05) is 37.5 Å². The van der Waals surface area contributed by atoms with Crippen molar-refractivity contribution in [3.63, 3.8) is 0 Å². The third-order valence-electron chi connectivity index (χ3n) is 6.57. The fourth-order valence-corrected chi connectivity index (χ4v) is 4.84. The highest BCUT2D eigenvalue weighted by Gasteiger charge is 2.50. The minimum atomic E-state index is -0.849. The van der Waals surface area contributed by atoms with Gasteiger partial charge in [0.15, 0.2) is 0 Å². The van der Waals surface area contributed by atoms with Crippen molar-refractivity contribution in [1.82, 2.24) is 4.90 Å². The molecule has 30 heavy (non-hydrogen) atoms. The second kappa shape index (κ2) is 8.11. The maximum atomic E-state index is 13.6. The van der Waals surface area contributed by atoms with Crippen LogP contribution in [0.25, 0.3) is 0 Å². The standard InChI is InChI=1S/C24H29N3O3/c1-16-9-10-18(13-21(16)30-2)26-23(29)24(11-4-3-5-12-24)27-15-20-17(14-25)7-6-8-19(20)22(27)28/h6-10,13H,3-5,11-12,14-15,25H2,1-2H3,(H,26,29). The molecular weight excluding hydrogens is 378 g/mol. The van der Waals surface area contributed by atoms with E-state index in [1.54, 1.807) is 12.0 Å². The van der Waals surface area contributed by atoms with E-state index < -0.39 is 5.54 Å². The van der Waals surface area contributed by atoms with Crippen LogP contribution >= 0.6 is 0 Å². The molecule has 2 aromatic rings. The number of ether oxygens (including phenoxy) is 1. The minimum Gasteiger partial charge on any atom is -0.496 e. The van der Waals surface area contributed by atoms with Crippen LogP contribution in [0.3, 0.4) is 0 Å². The van der Waals surface area contributed by atoms with E-state index in [1.165, 1.54) is 0 Å². The van der Waals surface area contributed by atoms with E-state index >= 15 is 0 Å². The first-order valence-corrected chi connectivity index (χ1v) is 10.6. The van der Waals surface area contributed by atoms with Gasteiger partial charge in [-0.15, -0.1) is 0 Å². The molecule has 1 saturated carbocycles. The van der Waals surface area contributed by atoms with E-state index in [9.17, 15) is 9.59 Å². The van der Waals surface area contributed by atoms with Gasteiger partial charge in [0, 0.05) is 30.4 Å². The van der Waals surface area contributed by atoms with Gasteiger partial charge in [-0.05, 0) is 48.6 Å². The van der Waals surface area contributed by atoms with E-state index in [0.29, 0.717) is 37.2 Å². The third-order valence-corrected chi connectivity index (χ3v) is 6.57. The molecule has 0 saturated heterocycles. The lowest BCUT2D eigenvalue weighted by Gasteiger charge is -2.43. The predicted octanol–water partition coefficient (Wildman–Crippen LogP) is 3.76. The Morgan fingerprint density at radius 3 is 2.67 bits per heavy atom. The highest BCUT2D eigenvalue weighted by atomic mass is 16.5. The van der Waals surface area contributed by atoms with Crippen molar-refractivity contribution in [3.05, 3.63) is 58.7 Å². The fourth-order valence-electron chi connectivity index (χ4n) is 4.84. The zero-order chi connectivity index (χ0) is 21.3. The highest BCUT2D eigenvalue weighted by Crippen LogP contribution is 2.41. The summed E-state index contributed by atoms with van der Waals surface area (Å²) in [4.78, 5) is 28.8. The van der Waals surface area contributed by atoms with Crippen molar-refractivity contribution < 1.29 is 14.3 Å². The number of hydrogen-bond donors (Lipinski definition) is 2. The first kappa shape index (κ1) is 20.4. The summed E-state index contributed by atoms with van der Waals surface area (Å²) in [5.41, 5.74) is 9.34. The number of nitrogens with one attached hydrogen (secondary N) is 1. The monoisotopic (exact) mass is 407 g/mol. The molecule has 0 atom stereocenters. The molecule has 158 valence electrons. The molecule has 6 heteroatoms. The van der Waals surface area contributed by atoms with Crippen LogP contribution in [0.4, 0.5) is 5.69 Å². The van der Waals surface area contributed by atoms with Crippen molar-refractivity contribution >= 4 is 17.5 Å². The molecule has 6 nitrogen and oxygen atoms in total. The number of nitrogens with zero attached hydrogens (tertiary/aromatic N) is 1. The molecule has 1 fully saturated rings. The molecule has 0 bridgehead atoms. The summed E-state index contributed by atoms with van der Waals surface area (Å²) >= 11 is 0. The van der Waals surface area contributed by atoms with Crippen molar-refractivity contribution in [2.75, 3.05) is 12.4 Å². The van der Waals surface area contributed by atoms with Crippen molar-refractivity contribution in [2.45, 2.75) is 57.7 Å². The van der Waals surface area contributed by atoms with E-state index in [4.69, 9.17) is 10.5 Å². The topological polar surface area (TPSA) is 84.7 Å². The largest absolute Gasteiger partial charge is 0.496 e. The number of amides is 2. The van der Waals surface area contributed by atoms with Crippen LogP contribution in [-0.4, -0.2) is 29.4 Å². The molecule has 2 aliphatic rings. The molecule has 1 aliphatic heterocycles. The summed E-state index contributed by atoms with van der Waals surface area (Å²) in [6, 6.07) is 11.3. The Morgan fingerprint density at radius 2 is 1.97 bits per heavy atom. The number of hydrogen-bond acceptors (Lipinski definition) is 4. The first-order chi connectivity index (χ1) is 14.5. The maximum Gasteiger partial charge on any atom is 0.255 e. The van der Waals surface area contributed by atoms with Gasteiger partial charge in [-0.3, -0.25) is 9.59 Å². The van der Waals surface area contributed by atoms with Crippen LogP contribution in [0.5, 0.6) is 5.75 Å². The Labute approximate surface area is 177 Å². The molecular formula is C24H29N3O3. The zero-order valence-electron chi connectivity index (χ0n) is 17.7. The average Bonchev–Trinajstić information content (AvgIpc) is 3.12. The third kappa shape index (κ3) is 3.35. The van der Waals surface area contributed by atoms with Gasteiger partial charge in [0.2, 0.25) is 5.91 Å². The number of carbonyl (C=O) groups is 2. The molecule has 0 unspecified atom stereocenters. The second-order valence-electron chi connectivity index (χ2n) is 8.27. The maximum absolute atomic E-state index is 13.6. The molecule has 4 rings (SSSR count). The van der Waals surface area contributed by atoms with Crippen LogP contribution < -0.4 is 15.8 Å². The van der Waals surface area contributed by atoms with E-state index in [1.807, 2.05) is 43.3 Å². The number of carbonyl (C=O) groups excluding carboxylic acids is 2. The smallest absolute Gasteiger partial charge is 0.255 e. The molecule has 2 aromatic carbocycles. The Balaban J connectivity index is 1.67. The summed E-state index contributed by atoms with van der Waals surface area (Å²) in [5.74, 6) is 0.533. The average molecular weight is 408 g/mol. The lowest BCUT2D eigenvalue weighted by Crippen LogP contribution is -2.58. The number of anilines is 1. The minimum absolute atomic E-state index is 0.0705. The zero-order valence-corrected chi connectivity index (χ0v) is 17.7. The summed E-state index contributed by atoms with van der Waals surface area (Å²) < 4.78 is 5.39. The van der Waals surface area contributed by atoms with E-state index in [2.05, 4.69) is 5.32 Å². The Kier molecular flexibility index (Phi) is 5.52. The number of fused-ring (bicyclic) bond motifs is 1. The van der Waals surface area contributed by atoms with Gasteiger partial charge in [0.05, 0.1) is 7.11 Å². The Bertz CT molecular complexity index is 980. The van der Waals surface area contributed by atoms with Crippen molar-refractivity contribution in [2.24, 2.45) is 5.73 Å². The molecule has 3 N–H and O–H groups in total. The van der Waals surface area contributed by atoms with Crippen LogP contribution in [0, 0.1) is 6.92 Å². The highest BCUT2D eigenvalue weighted by molar-refractivity contribution is 6.06. The molecule has 2 amide bonds. The Hall–Kier alpha value is -2.86. The summed E-state index contributed by atoms with van der Waals surface area (Å²) in [7, 11) is 1.62. The SMILES string of the molecule is COc1cc(NC(=O)C2(N3Cc4c(CN)cccc4C3=O)CCCCC2)ccc1C. The number of benzene rings is 2. The first-order valence-electron chi connectivity index (χ1n) is 10.6. The molecule has 0 spiro atoms. The molecule has 0 aromatic heterocycles.